The molecule has 4 aliphatic rings. The van der Waals surface area contributed by atoms with Crippen LogP contribution in [0.25, 0.3) is 0 Å². The Morgan fingerprint density at radius 1 is 0.905 bits per heavy atom. The molecule has 15 heteroatoms. The number of esters is 3. The van der Waals surface area contributed by atoms with E-state index in [4.69, 9.17) is 23.7 Å². The monoisotopic (exact) mass is 867 g/mol. The molecule has 334 valence electrons. The van der Waals surface area contributed by atoms with Crippen LogP contribution in [0.1, 0.15) is 86.7 Å². The highest BCUT2D eigenvalue weighted by atomic mass is 16.6. The van der Waals surface area contributed by atoms with Crippen molar-refractivity contribution in [3.8, 4) is 0 Å². The van der Waals surface area contributed by atoms with E-state index < -0.39 is 113 Å². The quantitative estimate of drug-likeness (QED) is 0.0882. The number of benzene rings is 3. The molecule has 1 heterocycles. The molecule has 0 aromatic heterocycles. The molecule has 0 unspecified atom stereocenters. The topological polar surface area (TPSA) is 221 Å². The molecule has 3 fully saturated rings. The fourth-order valence-electron chi connectivity index (χ4n) is 10.4. The summed E-state index contributed by atoms with van der Waals surface area (Å²) in [4.78, 5) is 82.6. The van der Waals surface area contributed by atoms with Crippen molar-refractivity contribution in [2.24, 2.45) is 16.7 Å². The number of aliphatic hydroxyl groups is 3. The van der Waals surface area contributed by atoms with Crippen LogP contribution in [0.4, 0.5) is 0 Å². The van der Waals surface area contributed by atoms with E-state index in [1.54, 1.807) is 99.6 Å². The Balaban J connectivity index is 1.40. The molecular formula is C48H53NO14. The Hall–Kier alpha value is -5.58. The van der Waals surface area contributed by atoms with Crippen molar-refractivity contribution >= 4 is 35.9 Å². The lowest BCUT2D eigenvalue weighted by Gasteiger charge is -2.67. The summed E-state index contributed by atoms with van der Waals surface area (Å²) < 4.78 is 30.8. The number of fused-ring (bicyclic) bond motifs is 5. The number of hydrogen-bond acceptors (Lipinski definition) is 14. The maximum absolute atomic E-state index is 15.5. The third kappa shape index (κ3) is 7.59. The van der Waals surface area contributed by atoms with E-state index in [9.17, 15) is 39.3 Å². The molecule has 0 radical (unpaired) electrons. The van der Waals surface area contributed by atoms with Crippen LogP contribution >= 0.6 is 0 Å². The molecule has 3 aromatic carbocycles. The number of carbonyl (C=O) groups excluding carboxylic acids is 6. The van der Waals surface area contributed by atoms with Gasteiger partial charge in [-0.1, -0.05) is 80.6 Å². The summed E-state index contributed by atoms with van der Waals surface area (Å²) >= 11 is 0. The van der Waals surface area contributed by atoms with Crippen molar-refractivity contribution in [3.63, 3.8) is 0 Å². The predicted octanol–water partition coefficient (Wildman–Crippen LogP) is 3.78. The van der Waals surface area contributed by atoms with Gasteiger partial charge in [0.2, 0.25) is 0 Å². The van der Waals surface area contributed by atoms with Gasteiger partial charge in [0.25, 0.3) is 5.91 Å². The number of aliphatic hydroxyl groups excluding tert-OH is 1. The summed E-state index contributed by atoms with van der Waals surface area (Å²) in [6, 6.07) is 23.0. The summed E-state index contributed by atoms with van der Waals surface area (Å²) in [7, 11) is 0. The largest absolute Gasteiger partial charge is 0.455 e. The number of aldehydes is 1. The highest BCUT2D eigenvalue weighted by molar-refractivity contribution is 5.96. The average molecular weight is 868 g/mol. The Kier molecular flexibility index (Phi) is 12.2. The molecule has 2 bridgehead atoms. The summed E-state index contributed by atoms with van der Waals surface area (Å²) in [6.07, 6.45) is -7.80. The predicted molar refractivity (Wildman–Crippen MR) is 223 cm³/mol. The Labute approximate surface area is 364 Å². The Bertz CT molecular complexity index is 2300. The van der Waals surface area contributed by atoms with E-state index in [0.717, 1.165) is 13.8 Å². The van der Waals surface area contributed by atoms with Crippen molar-refractivity contribution in [3.05, 3.63) is 119 Å². The second-order valence-corrected chi connectivity index (χ2v) is 17.8. The minimum absolute atomic E-state index is 0.0641. The second-order valence-electron chi connectivity index (χ2n) is 17.8. The van der Waals surface area contributed by atoms with Crippen molar-refractivity contribution in [2.75, 3.05) is 13.2 Å². The number of rotatable bonds is 12. The van der Waals surface area contributed by atoms with Crippen LogP contribution in [-0.2, 0) is 42.9 Å². The summed E-state index contributed by atoms with van der Waals surface area (Å²) in [6.45, 7) is 7.39. The zero-order chi connectivity index (χ0) is 45.7. The van der Waals surface area contributed by atoms with E-state index >= 15 is 4.79 Å². The lowest BCUT2D eigenvalue weighted by atomic mass is 9.44. The lowest BCUT2D eigenvalue weighted by molar-refractivity contribution is -0.346. The third-order valence-electron chi connectivity index (χ3n) is 13.8. The number of Topliss-reactive ketones (excluding diaryl/α,β-unsaturated/α-hetero) is 1. The number of carbonyl (C=O) groups is 6. The first-order valence-corrected chi connectivity index (χ1v) is 20.9. The smallest absolute Gasteiger partial charge is 0.338 e. The highest BCUT2D eigenvalue weighted by Gasteiger charge is 2.78. The van der Waals surface area contributed by atoms with E-state index in [1.165, 1.54) is 19.1 Å². The number of amides is 1. The van der Waals surface area contributed by atoms with Crippen molar-refractivity contribution < 1.29 is 67.8 Å². The van der Waals surface area contributed by atoms with Gasteiger partial charge >= 0.3 is 17.9 Å². The Morgan fingerprint density at radius 2 is 1.49 bits per heavy atom. The van der Waals surface area contributed by atoms with Gasteiger partial charge in [-0.05, 0) is 54.8 Å². The van der Waals surface area contributed by atoms with Gasteiger partial charge in [-0.3, -0.25) is 24.0 Å². The van der Waals surface area contributed by atoms with Crippen LogP contribution in [0.5, 0.6) is 0 Å². The third-order valence-corrected chi connectivity index (χ3v) is 13.8. The van der Waals surface area contributed by atoms with Gasteiger partial charge in [0, 0.05) is 37.7 Å². The van der Waals surface area contributed by atoms with E-state index in [2.05, 4.69) is 5.32 Å². The van der Waals surface area contributed by atoms with Crippen LogP contribution in [0.3, 0.4) is 0 Å². The SMILES string of the molecule is CC(=O)O[C@H]1C(=O)[C@@]2(C)[C@H]([C@H](OC(=O)c3ccccc3)[C@]3(O)C[C@H](OC[C@](O)(C=O)[C@@H](NC(=O)c4ccccc4)c4ccccc4)C(C)=C1C3(C)C)[C@]1(OC(C)=O)CO[C@@H]1C[C@@H]2O. The molecule has 1 saturated heterocycles. The molecule has 0 spiro atoms. The molecule has 11 atom stereocenters. The summed E-state index contributed by atoms with van der Waals surface area (Å²) in [5, 5.41) is 40.9. The van der Waals surface area contributed by atoms with Crippen LogP contribution < -0.4 is 5.32 Å². The number of ketones is 1. The van der Waals surface area contributed by atoms with Crippen molar-refractivity contribution in [2.45, 2.75) is 108 Å². The zero-order valence-electron chi connectivity index (χ0n) is 35.9. The summed E-state index contributed by atoms with van der Waals surface area (Å²) in [5.74, 6) is -5.50. The van der Waals surface area contributed by atoms with Crippen LogP contribution in [-0.4, -0.2) is 112 Å². The van der Waals surface area contributed by atoms with Gasteiger partial charge in [-0.15, -0.1) is 0 Å². The van der Waals surface area contributed by atoms with E-state index in [-0.39, 0.29) is 41.6 Å². The molecule has 2 saturated carbocycles. The first-order valence-electron chi connectivity index (χ1n) is 20.9. The molecule has 7 rings (SSSR count). The molecule has 15 nitrogen and oxygen atoms in total. The summed E-state index contributed by atoms with van der Waals surface area (Å²) in [5.41, 5.74) is -9.14. The van der Waals surface area contributed by atoms with Gasteiger partial charge in [0.05, 0.1) is 48.4 Å². The minimum atomic E-state index is -2.46. The lowest BCUT2D eigenvalue weighted by Crippen LogP contribution is -2.82. The normalized spacial score (nSPS) is 32.1. The van der Waals surface area contributed by atoms with Gasteiger partial charge in [0.1, 0.15) is 17.8 Å². The molecule has 3 aliphatic carbocycles. The maximum Gasteiger partial charge on any atom is 0.338 e. The van der Waals surface area contributed by atoms with E-state index in [0.29, 0.717) is 5.56 Å². The first kappa shape index (κ1) is 45.4. The van der Waals surface area contributed by atoms with Crippen LogP contribution in [0.15, 0.2) is 102 Å². The van der Waals surface area contributed by atoms with Gasteiger partial charge in [0.15, 0.2) is 29.4 Å². The fourth-order valence-corrected chi connectivity index (χ4v) is 10.4. The van der Waals surface area contributed by atoms with Crippen molar-refractivity contribution in [1.29, 1.82) is 0 Å². The van der Waals surface area contributed by atoms with Gasteiger partial charge in [-0.2, -0.15) is 0 Å². The first-order chi connectivity index (χ1) is 29.7. The van der Waals surface area contributed by atoms with Crippen molar-refractivity contribution in [1.82, 2.24) is 5.32 Å². The van der Waals surface area contributed by atoms with Gasteiger partial charge in [-0.25, -0.2) is 4.79 Å². The van der Waals surface area contributed by atoms with Crippen LogP contribution in [0.2, 0.25) is 0 Å². The number of ether oxygens (including phenoxy) is 5. The number of nitrogens with one attached hydrogen (secondary N) is 1. The minimum Gasteiger partial charge on any atom is -0.455 e. The molecule has 4 N–H and O–H groups in total. The molecular weight excluding hydrogens is 815 g/mol. The maximum atomic E-state index is 15.5. The zero-order valence-corrected chi connectivity index (χ0v) is 35.9. The molecule has 63 heavy (non-hydrogen) atoms. The van der Waals surface area contributed by atoms with Crippen LogP contribution in [0, 0.1) is 16.7 Å². The highest BCUT2D eigenvalue weighted by Crippen LogP contribution is 2.64. The molecule has 1 amide bonds. The van der Waals surface area contributed by atoms with Gasteiger partial charge < -0.3 is 44.3 Å². The van der Waals surface area contributed by atoms with E-state index in [1.807, 2.05) is 0 Å². The standard InChI is InChI=1S/C48H53NO14/c1-27-33(59-25-46(57,24-50)39(30-16-10-7-11-17-30)49-42(55)31-18-12-8-13-19-31)23-48(58)41(62-43(56)32-20-14-9-15-21-32)38-45(6,34(53)22-35-47(38,26-60-35)63-29(3)52)40(54)37(61-28(2)51)36(27)44(48,4)5/h7-21,24,33-35,37-39,41,53,57-58H,22-23,25-26H2,1-6H3,(H,49,55)/t33-,34-,35+,37+,38-,39-,41-,45+,46+,47-,48+/m0/s1. The average Bonchev–Trinajstić information content (AvgIpc) is 3.26. The second kappa shape index (κ2) is 16.8. The number of hydrogen-bond donors (Lipinski definition) is 4. The Morgan fingerprint density at radius 3 is 2.03 bits per heavy atom. The molecule has 1 aliphatic heterocycles. The fraction of sp³-hybridized carbons (Fsp3) is 0.458. The molecule has 3 aromatic rings.